The summed E-state index contributed by atoms with van der Waals surface area (Å²) in [6.45, 7) is 6.08. The Morgan fingerprint density at radius 3 is 2.70 bits per heavy atom. The Balaban J connectivity index is 1.85. The third-order valence-corrected chi connectivity index (χ3v) is 7.07. The van der Waals surface area contributed by atoms with Gasteiger partial charge in [0.15, 0.2) is 0 Å². The van der Waals surface area contributed by atoms with Crippen molar-refractivity contribution in [1.29, 1.82) is 5.26 Å². The zero-order valence-electron chi connectivity index (χ0n) is 24.1. The van der Waals surface area contributed by atoms with Crippen LogP contribution in [0.15, 0.2) is 82.5 Å². The number of carbonyl (C=O) groups excluding carboxylic acids is 1. The number of fused-ring (bicyclic) bond motifs is 1. The van der Waals surface area contributed by atoms with E-state index in [1.54, 1.807) is 25.1 Å². The highest BCUT2D eigenvalue weighted by molar-refractivity contribution is 5.93. The van der Waals surface area contributed by atoms with Gasteiger partial charge in [-0.3, -0.25) is 4.90 Å². The third kappa shape index (κ3) is 6.40. The molecule has 12 heteroatoms. The Labute approximate surface area is 246 Å². The van der Waals surface area contributed by atoms with E-state index >= 15 is 0 Å². The van der Waals surface area contributed by atoms with E-state index in [9.17, 15) is 28.0 Å². The molecule has 1 atom stereocenters. The second-order valence-electron chi connectivity index (χ2n) is 9.95. The van der Waals surface area contributed by atoms with E-state index in [1.807, 2.05) is 32.2 Å². The molecule has 2 heterocycles. The highest BCUT2D eigenvalue weighted by Crippen LogP contribution is 2.43. The first-order valence-corrected chi connectivity index (χ1v) is 13.5. The van der Waals surface area contributed by atoms with Gasteiger partial charge >= 0.3 is 17.8 Å². The van der Waals surface area contributed by atoms with Crippen molar-refractivity contribution in [1.82, 2.24) is 20.1 Å². The van der Waals surface area contributed by atoms with Gasteiger partial charge in [0.05, 0.1) is 29.9 Å². The maximum atomic E-state index is 13.6. The summed E-state index contributed by atoms with van der Waals surface area (Å²) in [6.07, 6.45) is 2.35. The van der Waals surface area contributed by atoms with Gasteiger partial charge in [0.25, 0.3) is 0 Å². The third-order valence-electron chi connectivity index (χ3n) is 7.07. The smallest absolute Gasteiger partial charge is 0.416 e. The predicted octanol–water partition coefficient (Wildman–Crippen LogP) is 5.65. The number of halogens is 3. The number of ether oxygens (including phenoxy) is 1. The minimum Gasteiger partial charge on any atom is -0.466 e. The molecule has 43 heavy (non-hydrogen) atoms. The highest BCUT2D eigenvalue weighted by atomic mass is 19.4. The van der Waals surface area contributed by atoms with Crippen molar-refractivity contribution in [2.24, 2.45) is 0 Å². The van der Waals surface area contributed by atoms with Crippen molar-refractivity contribution >= 4 is 17.6 Å². The largest absolute Gasteiger partial charge is 0.466 e. The van der Waals surface area contributed by atoms with Crippen molar-refractivity contribution in [2.75, 3.05) is 18.6 Å². The van der Waals surface area contributed by atoms with Crippen molar-refractivity contribution in [2.45, 2.75) is 45.8 Å². The number of anilines is 2. The maximum Gasteiger partial charge on any atom is 0.416 e. The number of hydrogen-bond donors (Lipinski definition) is 2. The summed E-state index contributed by atoms with van der Waals surface area (Å²) in [5.74, 6) is -0.763. The van der Waals surface area contributed by atoms with Gasteiger partial charge < -0.3 is 10.1 Å². The molecule has 0 bridgehead atoms. The molecule has 0 saturated heterocycles. The van der Waals surface area contributed by atoms with Crippen molar-refractivity contribution in [3.63, 3.8) is 0 Å². The number of aromatic amines is 1. The number of methoxy groups -OCH3 is 1. The number of hydrogen-bond acceptors (Lipinski definition) is 7. The molecule has 9 nitrogen and oxygen atoms in total. The minimum absolute atomic E-state index is 0.000968. The van der Waals surface area contributed by atoms with Crippen LogP contribution in [0, 0.1) is 11.3 Å². The fraction of sp³-hybridized carbons (Fsp3) is 0.290. The molecular weight excluding hydrogens is 561 g/mol. The molecule has 2 N–H and O–H groups in total. The summed E-state index contributed by atoms with van der Waals surface area (Å²) in [6, 6.07) is 10.6. The number of alkyl halides is 3. The van der Waals surface area contributed by atoms with Crippen LogP contribution in [0.1, 0.15) is 55.5 Å². The van der Waals surface area contributed by atoms with Gasteiger partial charge in [-0.1, -0.05) is 24.3 Å². The molecule has 1 aromatic heterocycles. The van der Waals surface area contributed by atoms with Gasteiger partial charge in [-0.15, -0.1) is 5.10 Å². The molecule has 1 aliphatic rings. The van der Waals surface area contributed by atoms with Crippen LogP contribution in [0.4, 0.5) is 24.8 Å². The Bertz CT molecular complexity index is 1710. The summed E-state index contributed by atoms with van der Waals surface area (Å²) in [5, 5.41) is 19.4. The molecule has 4 rings (SSSR count). The number of nitrogens with zero attached hydrogens (tertiary/aromatic N) is 4. The lowest BCUT2D eigenvalue weighted by Crippen LogP contribution is -2.38. The summed E-state index contributed by atoms with van der Waals surface area (Å²) < 4.78 is 47.1. The van der Waals surface area contributed by atoms with E-state index in [4.69, 9.17) is 4.74 Å². The molecule has 1 aliphatic heterocycles. The second kappa shape index (κ2) is 12.9. The Kier molecular flexibility index (Phi) is 9.24. The molecule has 0 saturated carbocycles. The van der Waals surface area contributed by atoms with Crippen LogP contribution in [0.2, 0.25) is 0 Å². The van der Waals surface area contributed by atoms with Crippen molar-refractivity contribution < 1.29 is 22.7 Å². The highest BCUT2D eigenvalue weighted by Gasteiger charge is 2.41. The van der Waals surface area contributed by atoms with Crippen LogP contribution >= 0.6 is 0 Å². The lowest BCUT2D eigenvalue weighted by Gasteiger charge is -2.36. The first-order valence-electron chi connectivity index (χ1n) is 13.5. The molecule has 0 amide bonds. The van der Waals surface area contributed by atoms with E-state index in [2.05, 4.69) is 21.6 Å². The average molecular weight is 593 g/mol. The number of benzene rings is 2. The first kappa shape index (κ1) is 30.9. The summed E-state index contributed by atoms with van der Waals surface area (Å²) >= 11 is 0. The van der Waals surface area contributed by atoms with Crippen LogP contribution in [0.25, 0.3) is 0 Å². The van der Waals surface area contributed by atoms with Crippen molar-refractivity contribution in [3.8, 4) is 6.07 Å². The summed E-state index contributed by atoms with van der Waals surface area (Å²) in [4.78, 5) is 27.9. The molecule has 224 valence electrons. The second-order valence-corrected chi connectivity index (χ2v) is 9.95. The normalized spacial score (nSPS) is 15.4. The van der Waals surface area contributed by atoms with Crippen LogP contribution < -0.4 is 15.9 Å². The lowest BCUT2D eigenvalue weighted by atomic mass is 9.88. The molecular formula is C31H31F3N6O3. The standard InChI is InChI=1S/C31H31F3N6O3/c1-5-8-19(2)18-36-14-7-9-22-15-21(17-35)12-13-25(22)27-26(28(41)43-4)20(3)39(29-37-38-30(42)40(27)29)24-11-6-10-23(16-24)31(32,33)34/h5-6,8,10-13,15-16,18,27,36H,7,9,14H2,1-4H3,(H,38,42). The van der Waals surface area contributed by atoms with Gasteiger partial charge in [0.1, 0.15) is 6.04 Å². The number of esters is 1. The summed E-state index contributed by atoms with van der Waals surface area (Å²) in [7, 11) is 1.19. The van der Waals surface area contributed by atoms with Gasteiger partial charge in [-0.2, -0.15) is 18.4 Å². The zero-order chi connectivity index (χ0) is 31.3. The lowest BCUT2D eigenvalue weighted by molar-refractivity contribution is -0.138. The number of aryl methyl sites for hydroxylation is 1. The van der Waals surface area contributed by atoms with Gasteiger partial charge in [-0.25, -0.2) is 19.3 Å². The van der Waals surface area contributed by atoms with E-state index in [0.717, 1.165) is 23.3 Å². The summed E-state index contributed by atoms with van der Waals surface area (Å²) in [5.41, 5.74) is 1.51. The van der Waals surface area contributed by atoms with Gasteiger partial charge in [0.2, 0.25) is 5.95 Å². The SMILES string of the molecule is CC=CC(C)=CNCCCc1cc(C#N)ccc1C1C(C(=O)OC)=C(C)N(c2cccc(C(F)(F)F)c2)c2n[nH]c(=O)n21. The number of rotatable bonds is 9. The van der Waals surface area contributed by atoms with E-state index < -0.39 is 29.4 Å². The van der Waals surface area contributed by atoms with Crippen LogP contribution in [-0.2, 0) is 22.1 Å². The molecule has 0 spiro atoms. The molecule has 0 radical (unpaired) electrons. The Morgan fingerprint density at radius 1 is 1.26 bits per heavy atom. The number of H-pyrrole nitrogens is 1. The molecule has 0 aliphatic carbocycles. The predicted molar refractivity (Wildman–Crippen MR) is 155 cm³/mol. The van der Waals surface area contributed by atoms with E-state index in [0.29, 0.717) is 30.5 Å². The monoisotopic (exact) mass is 592 g/mol. The molecule has 3 aromatic rings. The van der Waals surface area contributed by atoms with Crippen LogP contribution in [-0.4, -0.2) is 34.4 Å². The van der Waals surface area contributed by atoms with Gasteiger partial charge in [-0.05, 0) is 86.8 Å². The van der Waals surface area contributed by atoms with E-state index in [-0.39, 0.29) is 22.9 Å². The zero-order valence-corrected chi connectivity index (χ0v) is 24.1. The molecule has 2 aromatic carbocycles. The number of allylic oxidation sites excluding steroid dienone is 4. The maximum absolute atomic E-state index is 13.6. The fourth-order valence-corrected chi connectivity index (χ4v) is 5.16. The van der Waals surface area contributed by atoms with E-state index in [1.165, 1.54) is 28.7 Å². The van der Waals surface area contributed by atoms with Gasteiger partial charge in [0, 0.05) is 17.9 Å². The number of nitrogens with one attached hydrogen (secondary N) is 2. The first-order chi connectivity index (χ1) is 20.5. The van der Waals surface area contributed by atoms with Crippen LogP contribution in [0.3, 0.4) is 0 Å². The Morgan fingerprint density at radius 2 is 2.02 bits per heavy atom. The van der Waals surface area contributed by atoms with Crippen LogP contribution in [0.5, 0.6) is 0 Å². The fourth-order valence-electron chi connectivity index (χ4n) is 5.16. The average Bonchev–Trinajstić information content (AvgIpc) is 3.36. The molecule has 0 fully saturated rings. The molecule has 1 unspecified atom stereocenters. The number of carbonyl (C=O) groups is 1. The van der Waals surface area contributed by atoms with Crippen molar-refractivity contribution in [3.05, 3.63) is 110 Å². The Hall–Kier alpha value is -5.05. The quantitative estimate of drug-likeness (QED) is 0.187. The number of aromatic nitrogens is 3. The topological polar surface area (TPSA) is 116 Å². The minimum atomic E-state index is -4.62. The number of nitriles is 1.